The number of aryl methyl sites for hydroxylation is 2. The summed E-state index contributed by atoms with van der Waals surface area (Å²) in [6, 6.07) is 10.9. The zero-order valence-corrected chi connectivity index (χ0v) is 13.4. The molecule has 1 N–H and O–H groups in total. The van der Waals surface area contributed by atoms with Crippen LogP contribution in [0.3, 0.4) is 0 Å². The smallest absolute Gasteiger partial charge is 0.123 e. The Labute approximate surface area is 126 Å². The molecule has 0 aliphatic heterocycles. The summed E-state index contributed by atoms with van der Waals surface area (Å²) in [4.78, 5) is 0. The summed E-state index contributed by atoms with van der Waals surface area (Å²) in [7, 11) is 0. The topological polar surface area (TPSA) is 20.2 Å². The molecule has 21 heavy (non-hydrogen) atoms. The molecule has 0 aromatic heterocycles. The van der Waals surface area contributed by atoms with Crippen molar-refractivity contribution in [2.45, 2.75) is 46.1 Å². The molecule has 1 nitrogen and oxygen atoms in total. The average molecular weight is 286 g/mol. The van der Waals surface area contributed by atoms with E-state index >= 15 is 0 Å². The van der Waals surface area contributed by atoms with Gasteiger partial charge in [0.25, 0.3) is 0 Å². The largest absolute Gasteiger partial charge is 0.384 e. The van der Waals surface area contributed by atoms with E-state index < -0.39 is 6.10 Å². The zero-order valence-electron chi connectivity index (χ0n) is 13.4. The second-order valence-corrected chi connectivity index (χ2v) is 6.69. The number of benzene rings is 2. The average Bonchev–Trinajstić information content (AvgIpc) is 2.36. The number of hydrogen-bond donors (Lipinski definition) is 1. The van der Waals surface area contributed by atoms with Crippen LogP contribution >= 0.6 is 0 Å². The van der Waals surface area contributed by atoms with E-state index in [1.807, 2.05) is 38.1 Å². The molecule has 0 aliphatic carbocycles. The molecule has 2 aromatic carbocycles. The summed E-state index contributed by atoms with van der Waals surface area (Å²) in [6.45, 7) is 10.1. The minimum absolute atomic E-state index is 0.0561. The molecule has 1 unspecified atom stereocenters. The lowest BCUT2D eigenvalue weighted by Gasteiger charge is -2.26. The molecule has 1 atom stereocenters. The Morgan fingerprint density at radius 1 is 1.00 bits per heavy atom. The zero-order chi connectivity index (χ0) is 15.8. The van der Waals surface area contributed by atoms with Crippen LogP contribution in [0.5, 0.6) is 0 Å². The third-order valence-corrected chi connectivity index (χ3v) is 3.90. The maximum atomic E-state index is 13.5. The Balaban J connectivity index is 2.59. The van der Waals surface area contributed by atoms with E-state index in [9.17, 15) is 9.50 Å². The van der Waals surface area contributed by atoms with Crippen molar-refractivity contribution in [2.24, 2.45) is 0 Å². The van der Waals surface area contributed by atoms with E-state index in [1.54, 1.807) is 0 Å². The highest BCUT2D eigenvalue weighted by atomic mass is 19.1. The van der Waals surface area contributed by atoms with Gasteiger partial charge in [0.1, 0.15) is 11.9 Å². The molecule has 0 fully saturated rings. The van der Waals surface area contributed by atoms with Crippen LogP contribution in [0, 0.1) is 19.7 Å². The Morgan fingerprint density at radius 2 is 1.52 bits per heavy atom. The summed E-state index contributed by atoms with van der Waals surface area (Å²) in [5.41, 5.74) is 4.31. The molecule has 0 saturated carbocycles. The molecule has 2 aromatic rings. The highest BCUT2D eigenvalue weighted by Crippen LogP contribution is 2.35. The van der Waals surface area contributed by atoms with Crippen LogP contribution in [0.2, 0.25) is 0 Å². The van der Waals surface area contributed by atoms with E-state index in [4.69, 9.17) is 0 Å². The Morgan fingerprint density at radius 3 is 2.05 bits per heavy atom. The molecular weight excluding hydrogens is 263 g/mol. The third-order valence-electron chi connectivity index (χ3n) is 3.90. The van der Waals surface area contributed by atoms with Gasteiger partial charge in [-0.2, -0.15) is 0 Å². The van der Waals surface area contributed by atoms with Crippen molar-refractivity contribution in [3.05, 3.63) is 70.0 Å². The van der Waals surface area contributed by atoms with Crippen LogP contribution in [0.1, 0.15) is 54.7 Å². The summed E-state index contributed by atoms with van der Waals surface area (Å²) >= 11 is 0. The van der Waals surface area contributed by atoms with Gasteiger partial charge < -0.3 is 5.11 Å². The van der Waals surface area contributed by atoms with Crippen LogP contribution in [0.4, 0.5) is 4.39 Å². The molecule has 0 amide bonds. The van der Waals surface area contributed by atoms with Gasteiger partial charge in [-0.05, 0) is 59.2 Å². The minimum atomic E-state index is -0.735. The highest BCUT2D eigenvalue weighted by molar-refractivity contribution is 5.45. The van der Waals surface area contributed by atoms with E-state index in [0.717, 1.165) is 27.8 Å². The van der Waals surface area contributed by atoms with Crippen molar-refractivity contribution < 1.29 is 9.50 Å². The number of aliphatic hydroxyl groups excluding tert-OH is 1. The second-order valence-electron chi connectivity index (χ2n) is 6.69. The molecule has 0 spiro atoms. The van der Waals surface area contributed by atoms with Crippen molar-refractivity contribution in [1.82, 2.24) is 0 Å². The fraction of sp³-hybridized carbons (Fsp3) is 0.368. The number of halogens is 1. The molecular formula is C19H23FO. The van der Waals surface area contributed by atoms with Gasteiger partial charge in [0.15, 0.2) is 0 Å². The van der Waals surface area contributed by atoms with Gasteiger partial charge in [-0.1, -0.05) is 45.0 Å². The number of rotatable bonds is 2. The fourth-order valence-electron chi connectivity index (χ4n) is 2.93. The van der Waals surface area contributed by atoms with Gasteiger partial charge in [-0.3, -0.25) is 0 Å². The summed E-state index contributed by atoms with van der Waals surface area (Å²) in [5.74, 6) is -0.259. The van der Waals surface area contributed by atoms with Crippen LogP contribution in [0.25, 0.3) is 0 Å². The molecule has 0 radical (unpaired) electrons. The lowest BCUT2D eigenvalue weighted by Crippen LogP contribution is -2.17. The Bertz CT molecular complexity index is 630. The SMILES string of the molecule is Cc1cc(F)cc(C)c1C(O)c1ccccc1C(C)(C)C. The van der Waals surface area contributed by atoms with Crippen molar-refractivity contribution in [2.75, 3.05) is 0 Å². The van der Waals surface area contributed by atoms with Crippen molar-refractivity contribution in [3.63, 3.8) is 0 Å². The molecule has 2 rings (SSSR count). The summed E-state index contributed by atoms with van der Waals surface area (Å²) in [6.07, 6.45) is -0.735. The maximum Gasteiger partial charge on any atom is 0.123 e. The monoisotopic (exact) mass is 286 g/mol. The van der Waals surface area contributed by atoms with Gasteiger partial charge in [0.05, 0.1) is 0 Å². The van der Waals surface area contributed by atoms with Crippen molar-refractivity contribution in [1.29, 1.82) is 0 Å². The summed E-state index contributed by atoms with van der Waals surface area (Å²) < 4.78 is 13.5. The van der Waals surface area contributed by atoms with Crippen LogP contribution < -0.4 is 0 Å². The minimum Gasteiger partial charge on any atom is -0.384 e. The first-order valence-corrected chi connectivity index (χ1v) is 7.26. The number of aliphatic hydroxyl groups is 1. The first kappa shape index (κ1) is 15.7. The van der Waals surface area contributed by atoms with Crippen molar-refractivity contribution >= 4 is 0 Å². The number of hydrogen-bond acceptors (Lipinski definition) is 1. The quantitative estimate of drug-likeness (QED) is 0.839. The van der Waals surface area contributed by atoms with Gasteiger partial charge in [-0.25, -0.2) is 4.39 Å². The van der Waals surface area contributed by atoms with Gasteiger partial charge >= 0.3 is 0 Å². The van der Waals surface area contributed by atoms with Crippen LogP contribution in [-0.4, -0.2) is 5.11 Å². The molecule has 0 heterocycles. The van der Waals surface area contributed by atoms with E-state index in [1.165, 1.54) is 12.1 Å². The van der Waals surface area contributed by atoms with Crippen LogP contribution in [0.15, 0.2) is 36.4 Å². The summed E-state index contributed by atoms with van der Waals surface area (Å²) in [5, 5.41) is 10.9. The second kappa shape index (κ2) is 5.61. The third kappa shape index (κ3) is 3.16. The Kier molecular flexibility index (Phi) is 4.20. The maximum absolute atomic E-state index is 13.5. The lowest BCUT2D eigenvalue weighted by molar-refractivity contribution is 0.216. The van der Waals surface area contributed by atoms with Crippen molar-refractivity contribution in [3.8, 4) is 0 Å². The molecule has 2 heteroatoms. The van der Waals surface area contributed by atoms with E-state index in [0.29, 0.717) is 0 Å². The molecule has 0 aliphatic rings. The predicted octanol–water partition coefficient (Wildman–Crippen LogP) is 4.82. The van der Waals surface area contributed by atoms with E-state index in [2.05, 4.69) is 20.8 Å². The fourth-order valence-corrected chi connectivity index (χ4v) is 2.93. The van der Waals surface area contributed by atoms with Gasteiger partial charge in [0, 0.05) is 0 Å². The van der Waals surface area contributed by atoms with Gasteiger partial charge in [0.2, 0.25) is 0 Å². The van der Waals surface area contributed by atoms with Crippen LogP contribution in [-0.2, 0) is 5.41 Å². The molecule has 0 saturated heterocycles. The normalized spacial score (nSPS) is 13.3. The highest BCUT2D eigenvalue weighted by Gasteiger charge is 2.24. The molecule has 112 valence electrons. The standard InChI is InChI=1S/C19H23FO/c1-12-10-14(20)11-13(2)17(12)18(21)15-8-6-7-9-16(15)19(3,4)5/h6-11,18,21H,1-5H3. The first-order chi connectivity index (χ1) is 9.71. The van der Waals surface area contributed by atoms with E-state index in [-0.39, 0.29) is 11.2 Å². The Hall–Kier alpha value is -1.67. The lowest BCUT2D eigenvalue weighted by atomic mass is 9.80. The molecule has 0 bridgehead atoms. The predicted molar refractivity (Wildman–Crippen MR) is 85.1 cm³/mol. The first-order valence-electron chi connectivity index (χ1n) is 7.26. The van der Waals surface area contributed by atoms with Gasteiger partial charge in [-0.15, -0.1) is 0 Å².